The normalized spacial score (nSPS) is 13.1. The predicted molar refractivity (Wildman–Crippen MR) is 92.2 cm³/mol. The van der Waals surface area contributed by atoms with Crippen LogP contribution in [0.25, 0.3) is 0 Å². The summed E-state index contributed by atoms with van der Waals surface area (Å²) in [6, 6.07) is 0. The minimum Gasteiger partial charge on any atom is -0.370 e. The van der Waals surface area contributed by atoms with Crippen molar-refractivity contribution < 1.29 is 4.74 Å². The Balaban J connectivity index is 3.31. The van der Waals surface area contributed by atoms with Gasteiger partial charge in [0.25, 0.3) is 0 Å². The van der Waals surface area contributed by atoms with Crippen LogP contribution in [-0.2, 0) is 4.74 Å². The molecule has 5 heteroatoms. The van der Waals surface area contributed by atoms with Crippen LogP contribution in [0.15, 0.2) is 0 Å². The lowest BCUT2D eigenvalue weighted by Gasteiger charge is -2.22. The molecule has 0 radical (unpaired) electrons. The zero-order chi connectivity index (χ0) is 15.3. The highest BCUT2D eigenvalue weighted by Gasteiger charge is 2.23. The van der Waals surface area contributed by atoms with Gasteiger partial charge in [-0.1, -0.05) is 27.7 Å². The van der Waals surface area contributed by atoms with E-state index < -0.39 is 0 Å². The zero-order valence-electron chi connectivity index (χ0n) is 13.3. The molecule has 1 N–H and O–H groups in total. The van der Waals surface area contributed by atoms with E-state index in [1.807, 2.05) is 6.92 Å². The lowest BCUT2D eigenvalue weighted by Crippen LogP contribution is -2.18. The van der Waals surface area contributed by atoms with Crippen molar-refractivity contribution in [3.8, 4) is 0 Å². The zero-order valence-corrected chi connectivity index (χ0v) is 15.5. The molecule has 0 fully saturated rings. The molecule has 1 unspecified atom stereocenters. The molecule has 114 valence electrons. The minimum absolute atomic E-state index is 0.0492. The first-order chi connectivity index (χ1) is 9.42. The Morgan fingerprint density at radius 3 is 2.25 bits per heavy atom. The van der Waals surface area contributed by atoms with Crippen LogP contribution in [0.2, 0.25) is 0 Å². The Kier molecular flexibility index (Phi) is 7.15. The molecule has 0 saturated carbocycles. The van der Waals surface area contributed by atoms with Crippen LogP contribution in [-0.4, -0.2) is 23.1 Å². The molecule has 0 bridgehead atoms. The molecule has 0 aliphatic carbocycles. The fourth-order valence-electron chi connectivity index (χ4n) is 2.02. The fraction of sp³-hybridized carbons (Fsp3) is 0.733. The molecule has 1 heterocycles. The fourth-order valence-corrected chi connectivity index (χ4v) is 3.08. The summed E-state index contributed by atoms with van der Waals surface area (Å²) in [5, 5.41) is 3.33. The standard InChI is InChI=1S/C15H26IN3O/c1-7-17-14-11(16)12(9(3)4)18-15(19-14)13(10(5)6)20-8-2/h9-10,13H,7-8H2,1-6H3,(H,17,18,19). The van der Waals surface area contributed by atoms with Gasteiger partial charge in [-0.25, -0.2) is 9.97 Å². The van der Waals surface area contributed by atoms with Crippen LogP contribution >= 0.6 is 22.6 Å². The van der Waals surface area contributed by atoms with Crippen LogP contribution < -0.4 is 5.32 Å². The monoisotopic (exact) mass is 391 g/mol. The summed E-state index contributed by atoms with van der Waals surface area (Å²) < 4.78 is 6.96. The van der Waals surface area contributed by atoms with E-state index in [-0.39, 0.29) is 6.10 Å². The van der Waals surface area contributed by atoms with Gasteiger partial charge < -0.3 is 10.1 Å². The van der Waals surface area contributed by atoms with Crippen LogP contribution in [0.4, 0.5) is 5.82 Å². The lowest BCUT2D eigenvalue weighted by molar-refractivity contribution is 0.0231. The summed E-state index contributed by atoms with van der Waals surface area (Å²) in [7, 11) is 0. The molecule has 1 rings (SSSR count). The van der Waals surface area contributed by atoms with E-state index in [2.05, 4.69) is 62.5 Å². The molecule has 0 spiro atoms. The van der Waals surface area contributed by atoms with Gasteiger partial charge in [-0.15, -0.1) is 0 Å². The maximum atomic E-state index is 5.84. The van der Waals surface area contributed by atoms with Crippen molar-refractivity contribution in [2.24, 2.45) is 5.92 Å². The Hall–Kier alpha value is -0.430. The van der Waals surface area contributed by atoms with Crippen molar-refractivity contribution in [2.45, 2.75) is 53.6 Å². The summed E-state index contributed by atoms with van der Waals surface area (Å²) in [6.45, 7) is 14.2. The predicted octanol–water partition coefficient (Wildman–Crippen LogP) is 4.37. The van der Waals surface area contributed by atoms with Gasteiger partial charge in [-0.3, -0.25) is 0 Å². The lowest BCUT2D eigenvalue weighted by atomic mass is 10.1. The first-order valence-electron chi connectivity index (χ1n) is 7.35. The van der Waals surface area contributed by atoms with Crippen molar-refractivity contribution >= 4 is 28.4 Å². The van der Waals surface area contributed by atoms with Crippen LogP contribution in [0.3, 0.4) is 0 Å². The Morgan fingerprint density at radius 2 is 1.80 bits per heavy atom. The number of nitrogens with zero attached hydrogens (tertiary/aromatic N) is 2. The number of halogens is 1. The number of nitrogens with one attached hydrogen (secondary N) is 1. The van der Waals surface area contributed by atoms with Crippen LogP contribution in [0.1, 0.15) is 65.1 Å². The van der Waals surface area contributed by atoms with Gasteiger partial charge in [0, 0.05) is 13.2 Å². The summed E-state index contributed by atoms with van der Waals surface area (Å²) in [6.07, 6.45) is -0.0492. The molecule has 0 aliphatic rings. The number of anilines is 1. The number of hydrogen-bond acceptors (Lipinski definition) is 4. The Labute approximate surface area is 136 Å². The second-order valence-corrected chi connectivity index (χ2v) is 6.51. The summed E-state index contributed by atoms with van der Waals surface area (Å²) in [5.74, 6) is 2.44. The largest absolute Gasteiger partial charge is 0.370 e. The van der Waals surface area contributed by atoms with Crippen molar-refractivity contribution in [2.75, 3.05) is 18.5 Å². The molecule has 1 aromatic heterocycles. The smallest absolute Gasteiger partial charge is 0.160 e. The van der Waals surface area contributed by atoms with Gasteiger partial charge in [0.05, 0.1) is 9.26 Å². The highest BCUT2D eigenvalue weighted by atomic mass is 127. The van der Waals surface area contributed by atoms with Crippen molar-refractivity contribution in [1.29, 1.82) is 0 Å². The number of ether oxygens (including phenoxy) is 1. The Morgan fingerprint density at radius 1 is 1.15 bits per heavy atom. The number of aromatic nitrogens is 2. The highest BCUT2D eigenvalue weighted by molar-refractivity contribution is 14.1. The molecule has 0 saturated heterocycles. The van der Waals surface area contributed by atoms with Gasteiger partial charge in [0.15, 0.2) is 5.82 Å². The molecular weight excluding hydrogens is 365 g/mol. The maximum Gasteiger partial charge on any atom is 0.160 e. The van der Waals surface area contributed by atoms with Crippen LogP contribution in [0.5, 0.6) is 0 Å². The molecular formula is C15H26IN3O. The number of rotatable bonds is 7. The minimum atomic E-state index is -0.0492. The average molecular weight is 391 g/mol. The molecule has 1 aromatic rings. The van der Waals surface area contributed by atoms with E-state index in [9.17, 15) is 0 Å². The van der Waals surface area contributed by atoms with Gasteiger partial charge in [0.1, 0.15) is 11.9 Å². The van der Waals surface area contributed by atoms with E-state index in [1.54, 1.807) is 0 Å². The van der Waals surface area contributed by atoms with E-state index in [0.717, 1.165) is 27.5 Å². The third kappa shape index (κ3) is 4.28. The van der Waals surface area contributed by atoms with E-state index in [4.69, 9.17) is 14.7 Å². The second kappa shape index (κ2) is 8.12. The van der Waals surface area contributed by atoms with Crippen molar-refractivity contribution in [3.05, 3.63) is 15.1 Å². The van der Waals surface area contributed by atoms with E-state index in [1.165, 1.54) is 0 Å². The molecule has 1 atom stereocenters. The first kappa shape index (κ1) is 17.6. The summed E-state index contributed by atoms with van der Waals surface area (Å²) in [4.78, 5) is 9.46. The van der Waals surface area contributed by atoms with Crippen LogP contribution in [0, 0.1) is 9.49 Å². The molecule has 20 heavy (non-hydrogen) atoms. The van der Waals surface area contributed by atoms with Crippen molar-refractivity contribution in [3.63, 3.8) is 0 Å². The average Bonchev–Trinajstić information content (AvgIpc) is 2.38. The first-order valence-corrected chi connectivity index (χ1v) is 8.42. The molecule has 0 aliphatic heterocycles. The van der Waals surface area contributed by atoms with E-state index in [0.29, 0.717) is 18.4 Å². The second-order valence-electron chi connectivity index (χ2n) is 5.43. The van der Waals surface area contributed by atoms with E-state index >= 15 is 0 Å². The summed E-state index contributed by atoms with van der Waals surface area (Å²) >= 11 is 2.33. The van der Waals surface area contributed by atoms with Crippen molar-refractivity contribution in [1.82, 2.24) is 9.97 Å². The molecule has 0 amide bonds. The Bertz CT molecular complexity index is 435. The van der Waals surface area contributed by atoms with Gasteiger partial charge in [-0.05, 0) is 48.3 Å². The molecule has 0 aromatic carbocycles. The maximum absolute atomic E-state index is 5.84. The quantitative estimate of drug-likeness (QED) is 0.702. The third-order valence-corrected chi connectivity index (χ3v) is 4.05. The third-order valence-electron chi connectivity index (χ3n) is 2.99. The number of hydrogen-bond donors (Lipinski definition) is 1. The van der Waals surface area contributed by atoms with Gasteiger partial charge in [-0.2, -0.15) is 0 Å². The highest BCUT2D eigenvalue weighted by Crippen LogP contribution is 2.30. The van der Waals surface area contributed by atoms with Gasteiger partial charge in [0.2, 0.25) is 0 Å². The molecule has 4 nitrogen and oxygen atoms in total. The topological polar surface area (TPSA) is 47.0 Å². The van der Waals surface area contributed by atoms with Gasteiger partial charge >= 0.3 is 0 Å². The SMILES string of the molecule is CCNc1nc(C(OCC)C(C)C)nc(C(C)C)c1I. The summed E-state index contributed by atoms with van der Waals surface area (Å²) in [5.41, 5.74) is 1.09.